The Kier molecular flexibility index (Phi) is 4.19. The van der Waals surface area contributed by atoms with Crippen molar-refractivity contribution in [3.05, 3.63) is 0 Å². The van der Waals surface area contributed by atoms with E-state index < -0.39 is 0 Å². The summed E-state index contributed by atoms with van der Waals surface area (Å²) in [6.45, 7) is 3.82. The third-order valence-corrected chi connectivity index (χ3v) is 1.76. The molecule has 0 bridgehead atoms. The highest BCUT2D eigenvalue weighted by atomic mass is 35.5. The second-order valence-corrected chi connectivity index (χ2v) is 2.50. The summed E-state index contributed by atoms with van der Waals surface area (Å²) in [4.78, 5) is 0. The summed E-state index contributed by atoms with van der Waals surface area (Å²) in [5.74, 6) is 0.656. The Labute approximate surface area is 62.2 Å². The van der Waals surface area contributed by atoms with Crippen molar-refractivity contribution < 1.29 is 4.74 Å². The van der Waals surface area contributed by atoms with Crippen LogP contribution < -0.4 is 5.73 Å². The van der Waals surface area contributed by atoms with E-state index in [0.29, 0.717) is 5.92 Å². The number of hydrogen-bond acceptors (Lipinski definition) is 2. The summed E-state index contributed by atoms with van der Waals surface area (Å²) in [7, 11) is 0. The molecule has 0 radical (unpaired) electrons. The average molecular weight is 152 g/mol. The third-order valence-electron chi connectivity index (χ3n) is 1.76. The summed E-state index contributed by atoms with van der Waals surface area (Å²) >= 11 is 0. The van der Waals surface area contributed by atoms with E-state index in [4.69, 9.17) is 10.5 Å². The molecule has 1 fully saturated rings. The lowest BCUT2D eigenvalue weighted by Crippen LogP contribution is -2.37. The van der Waals surface area contributed by atoms with Crippen molar-refractivity contribution in [3.8, 4) is 0 Å². The zero-order valence-corrected chi connectivity index (χ0v) is 6.49. The number of rotatable bonds is 0. The molecule has 0 aromatic heterocycles. The standard InChI is InChI=1S/C6H13NO.ClH/c1-5-2-3-8-4-6(5)7;/h5-6H,2-4,7H2,1H3;1H/t5-,6+;/m0./s1. The van der Waals surface area contributed by atoms with Gasteiger partial charge in [-0.05, 0) is 12.3 Å². The summed E-state index contributed by atoms with van der Waals surface area (Å²) in [6, 6.07) is 0.281. The van der Waals surface area contributed by atoms with E-state index in [1.165, 1.54) is 0 Å². The summed E-state index contributed by atoms with van der Waals surface area (Å²) < 4.78 is 5.13. The largest absolute Gasteiger partial charge is 0.380 e. The predicted molar refractivity (Wildman–Crippen MR) is 39.8 cm³/mol. The Morgan fingerprint density at radius 1 is 1.56 bits per heavy atom. The molecule has 1 saturated heterocycles. The average Bonchev–Trinajstić information content (AvgIpc) is 1.77. The van der Waals surface area contributed by atoms with Crippen LogP contribution in [0, 0.1) is 5.92 Å². The van der Waals surface area contributed by atoms with Crippen LogP contribution in [0.25, 0.3) is 0 Å². The Morgan fingerprint density at radius 3 is 2.56 bits per heavy atom. The number of ether oxygens (including phenoxy) is 1. The van der Waals surface area contributed by atoms with Gasteiger partial charge in [0.05, 0.1) is 6.61 Å². The fourth-order valence-corrected chi connectivity index (χ4v) is 0.867. The van der Waals surface area contributed by atoms with E-state index in [1.807, 2.05) is 0 Å². The lowest BCUT2D eigenvalue weighted by atomic mass is 9.98. The van der Waals surface area contributed by atoms with Gasteiger partial charge < -0.3 is 10.5 Å². The quantitative estimate of drug-likeness (QED) is 0.556. The molecule has 1 heterocycles. The molecule has 56 valence electrons. The summed E-state index contributed by atoms with van der Waals surface area (Å²) in [5, 5.41) is 0. The molecule has 2 nitrogen and oxygen atoms in total. The van der Waals surface area contributed by atoms with Crippen molar-refractivity contribution in [2.24, 2.45) is 11.7 Å². The molecule has 0 aliphatic carbocycles. The highest BCUT2D eigenvalue weighted by Crippen LogP contribution is 2.11. The van der Waals surface area contributed by atoms with Crippen molar-refractivity contribution in [3.63, 3.8) is 0 Å². The topological polar surface area (TPSA) is 35.2 Å². The first kappa shape index (κ1) is 9.21. The maximum Gasteiger partial charge on any atom is 0.0620 e. The fourth-order valence-electron chi connectivity index (χ4n) is 0.867. The van der Waals surface area contributed by atoms with Crippen molar-refractivity contribution in [2.45, 2.75) is 19.4 Å². The first-order valence-electron chi connectivity index (χ1n) is 3.14. The van der Waals surface area contributed by atoms with E-state index >= 15 is 0 Å². The molecule has 1 aliphatic heterocycles. The van der Waals surface area contributed by atoms with Gasteiger partial charge in [-0.3, -0.25) is 0 Å². The molecule has 0 saturated carbocycles. The van der Waals surface area contributed by atoms with Crippen molar-refractivity contribution in [2.75, 3.05) is 13.2 Å². The van der Waals surface area contributed by atoms with Gasteiger partial charge in [0.1, 0.15) is 0 Å². The van der Waals surface area contributed by atoms with E-state index in [-0.39, 0.29) is 18.4 Å². The molecule has 0 aromatic carbocycles. The first-order valence-corrected chi connectivity index (χ1v) is 3.14. The van der Waals surface area contributed by atoms with E-state index in [9.17, 15) is 0 Å². The molecule has 3 heteroatoms. The summed E-state index contributed by atoms with van der Waals surface area (Å²) in [6.07, 6.45) is 1.13. The maximum absolute atomic E-state index is 5.65. The molecule has 0 amide bonds. The lowest BCUT2D eigenvalue weighted by molar-refractivity contribution is 0.0546. The second-order valence-electron chi connectivity index (χ2n) is 2.50. The van der Waals surface area contributed by atoms with Crippen LogP contribution in [0.4, 0.5) is 0 Å². The molecular weight excluding hydrogens is 138 g/mol. The second kappa shape index (κ2) is 4.09. The van der Waals surface area contributed by atoms with Gasteiger partial charge in [0.15, 0.2) is 0 Å². The number of halogens is 1. The van der Waals surface area contributed by atoms with Crippen molar-refractivity contribution in [1.82, 2.24) is 0 Å². The van der Waals surface area contributed by atoms with Crippen LogP contribution in [0.5, 0.6) is 0 Å². The zero-order valence-electron chi connectivity index (χ0n) is 5.67. The lowest BCUT2D eigenvalue weighted by Gasteiger charge is -2.24. The minimum Gasteiger partial charge on any atom is -0.380 e. The van der Waals surface area contributed by atoms with Crippen LogP contribution in [0.3, 0.4) is 0 Å². The van der Waals surface area contributed by atoms with Crippen LogP contribution in [-0.2, 0) is 4.74 Å². The summed E-state index contributed by atoms with van der Waals surface area (Å²) in [5.41, 5.74) is 5.65. The Hall–Kier alpha value is 0.210. The molecule has 0 spiro atoms. The van der Waals surface area contributed by atoms with Gasteiger partial charge in [-0.2, -0.15) is 0 Å². The molecule has 0 aromatic rings. The molecule has 1 aliphatic rings. The smallest absolute Gasteiger partial charge is 0.0620 e. The third kappa shape index (κ3) is 2.52. The van der Waals surface area contributed by atoms with Crippen LogP contribution in [0.1, 0.15) is 13.3 Å². The van der Waals surface area contributed by atoms with E-state index in [0.717, 1.165) is 19.6 Å². The Morgan fingerprint density at radius 2 is 2.22 bits per heavy atom. The van der Waals surface area contributed by atoms with Crippen LogP contribution in [0.2, 0.25) is 0 Å². The molecular formula is C6H14ClNO. The van der Waals surface area contributed by atoms with E-state index in [2.05, 4.69) is 6.92 Å². The van der Waals surface area contributed by atoms with Gasteiger partial charge in [-0.15, -0.1) is 12.4 Å². The Bertz CT molecular complexity index is 69.5. The number of nitrogens with two attached hydrogens (primary N) is 1. The van der Waals surface area contributed by atoms with E-state index in [1.54, 1.807) is 0 Å². The first-order chi connectivity index (χ1) is 3.80. The maximum atomic E-state index is 5.65. The van der Waals surface area contributed by atoms with Gasteiger partial charge in [-0.1, -0.05) is 6.92 Å². The van der Waals surface area contributed by atoms with Gasteiger partial charge >= 0.3 is 0 Å². The minimum atomic E-state index is 0. The normalized spacial score (nSPS) is 35.3. The predicted octanol–water partition coefficient (Wildman–Crippen LogP) is 0.792. The SMILES string of the molecule is C[C@H]1CCOC[C@H]1N.Cl. The minimum absolute atomic E-state index is 0. The Balaban J connectivity index is 0.000000640. The number of hydrogen-bond donors (Lipinski definition) is 1. The van der Waals surface area contributed by atoms with Crippen molar-refractivity contribution in [1.29, 1.82) is 0 Å². The van der Waals surface area contributed by atoms with Crippen LogP contribution >= 0.6 is 12.4 Å². The molecule has 2 N–H and O–H groups in total. The molecule has 1 rings (SSSR count). The van der Waals surface area contributed by atoms with Gasteiger partial charge in [0.2, 0.25) is 0 Å². The molecule has 9 heavy (non-hydrogen) atoms. The monoisotopic (exact) mass is 151 g/mol. The zero-order chi connectivity index (χ0) is 5.98. The highest BCUT2D eigenvalue weighted by molar-refractivity contribution is 5.85. The van der Waals surface area contributed by atoms with Gasteiger partial charge in [0, 0.05) is 12.6 Å². The van der Waals surface area contributed by atoms with Crippen molar-refractivity contribution >= 4 is 12.4 Å². The van der Waals surface area contributed by atoms with Gasteiger partial charge in [0.25, 0.3) is 0 Å². The molecule has 2 atom stereocenters. The van der Waals surface area contributed by atoms with Gasteiger partial charge in [-0.25, -0.2) is 0 Å². The van der Waals surface area contributed by atoms with Crippen LogP contribution in [0.15, 0.2) is 0 Å². The molecule has 0 unspecified atom stereocenters. The fraction of sp³-hybridized carbons (Fsp3) is 1.00. The highest BCUT2D eigenvalue weighted by Gasteiger charge is 2.16. The van der Waals surface area contributed by atoms with Crippen LogP contribution in [-0.4, -0.2) is 19.3 Å².